The third-order valence-electron chi connectivity index (χ3n) is 4.71. The fourth-order valence-corrected chi connectivity index (χ4v) is 3.86. The van der Waals surface area contributed by atoms with Gasteiger partial charge in [-0.3, -0.25) is 4.79 Å². The highest BCUT2D eigenvalue weighted by Gasteiger charge is 2.18. The number of aromatic nitrogens is 2. The molecule has 0 radical (unpaired) electrons. The van der Waals surface area contributed by atoms with Crippen molar-refractivity contribution < 1.29 is 9.53 Å². The smallest absolute Gasteiger partial charge is 0.222 e. The summed E-state index contributed by atoms with van der Waals surface area (Å²) in [4.78, 5) is 18.4. The van der Waals surface area contributed by atoms with Gasteiger partial charge in [-0.25, -0.2) is 4.98 Å². The molecule has 136 valence electrons. The number of hydrogen-bond donors (Lipinski definition) is 0. The molecule has 1 amide bonds. The van der Waals surface area contributed by atoms with Gasteiger partial charge >= 0.3 is 0 Å². The Labute approximate surface area is 151 Å². The van der Waals surface area contributed by atoms with Gasteiger partial charge in [-0.1, -0.05) is 25.7 Å². The number of nitrogens with zero attached hydrogens (tertiary/aromatic N) is 3. The minimum Gasteiger partial charge on any atom is -0.361 e. The maximum absolute atomic E-state index is 12.0. The Hall–Kier alpha value is -1.66. The van der Waals surface area contributed by atoms with E-state index in [9.17, 15) is 4.79 Å². The van der Waals surface area contributed by atoms with Crippen molar-refractivity contribution in [2.24, 2.45) is 0 Å². The molecular weight excluding hydrogens is 330 g/mol. The first-order chi connectivity index (χ1) is 11.9. The van der Waals surface area contributed by atoms with Gasteiger partial charge in [0.1, 0.15) is 6.73 Å². The fraction of sp³-hybridized carbons (Fsp3) is 0.579. The van der Waals surface area contributed by atoms with E-state index in [0.29, 0.717) is 19.7 Å². The van der Waals surface area contributed by atoms with Crippen molar-refractivity contribution in [3.63, 3.8) is 0 Å². The second kappa shape index (κ2) is 7.70. The largest absolute Gasteiger partial charge is 0.361 e. The maximum Gasteiger partial charge on any atom is 0.222 e. The molecule has 6 heteroatoms. The number of benzene rings is 1. The van der Waals surface area contributed by atoms with E-state index in [0.717, 1.165) is 42.6 Å². The van der Waals surface area contributed by atoms with Gasteiger partial charge < -0.3 is 14.2 Å². The monoisotopic (exact) mass is 359 g/mol. The van der Waals surface area contributed by atoms with Crippen LogP contribution >= 0.6 is 0 Å². The lowest BCUT2D eigenvalue weighted by molar-refractivity contribution is -0.133. The molecule has 2 heterocycles. The highest BCUT2D eigenvalue weighted by molar-refractivity contribution is 6.76. The summed E-state index contributed by atoms with van der Waals surface area (Å²) in [6.45, 7) is 9.99. The van der Waals surface area contributed by atoms with E-state index in [2.05, 4.69) is 47.4 Å². The number of carbonyl (C=O) groups is 1. The average Bonchev–Trinajstić information content (AvgIpc) is 2.95. The zero-order valence-electron chi connectivity index (χ0n) is 15.6. The van der Waals surface area contributed by atoms with Gasteiger partial charge in [0, 0.05) is 34.2 Å². The van der Waals surface area contributed by atoms with Crippen LogP contribution in [0.15, 0.2) is 24.5 Å². The standard InChI is InChI=1S/C19H29N3O2Si/c1-25(2,3)11-10-24-15-22-14-20-17-12-16(7-8-18(17)22)13-21-9-5-4-6-19(21)23/h7-8,12,14H,4-6,9-11,13,15H2,1-3H3. The Bertz CT molecular complexity index is 736. The number of carbonyl (C=O) groups excluding carboxylic acids is 1. The van der Waals surface area contributed by atoms with Gasteiger partial charge in [0.25, 0.3) is 0 Å². The molecule has 3 rings (SSSR count). The minimum absolute atomic E-state index is 0.271. The molecule has 1 fully saturated rings. The molecule has 1 aliphatic rings. The molecule has 5 nitrogen and oxygen atoms in total. The SMILES string of the molecule is C[Si](C)(C)CCOCn1cnc2cc(CN3CCCCC3=O)ccc21. The maximum atomic E-state index is 12.0. The summed E-state index contributed by atoms with van der Waals surface area (Å²) >= 11 is 0. The lowest BCUT2D eigenvalue weighted by Gasteiger charge is -2.26. The van der Waals surface area contributed by atoms with Gasteiger partial charge in [-0.2, -0.15) is 0 Å². The number of amides is 1. The predicted molar refractivity (Wildman–Crippen MR) is 103 cm³/mol. The second-order valence-electron chi connectivity index (χ2n) is 8.16. The first-order valence-electron chi connectivity index (χ1n) is 9.22. The molecule has 1 aromatic carbocycles. The van der Waals surface area contributed by atoms with Crippen molar-refractivity contribution in [3.8, 4) is 0 Å². The van der Waals surface area contributed by atoms with Crippen LogP contribution in [-0.2, 0) is 22.8 Å². The second-order valence-corrected chi connectivity index (χ2v) is 13.8. The van der Waals surface area contributed by atoms with Crippen molar-refractivity contribution in [2.45, 2.75) is 58.2 Å². The molecule has 1 aromatic heterocycles. The summed E-state index contributed by atoms with van der Waals surface area (Å²) in [5.74, 6) is 0.271. The van der Waals surface area contributed by atoms with Gasteiger partial charge in [-0.05, 0) is 36.6 Å². The van der Waals surface area contributed by atoms with Crippen molar-refractivity contribution in [1.29, 1.82) is 0 Å². The number of imidazole rings is 1. The Morgan fingerprint density at radius 1 is 1.24 bits per heavy atom. The summed E-state index contributed by atoms with van der Waals surface area (Å²) in [7, 11) is -1.05. The molecule has 25 heavy (non-hydrogen) atoms. The molecule has 0 N–H and O–H groups in total. The number of piperidine rings is 1. The first-order valence-corrected chi connectivity index (χ1v) is 12.9. The quantitative estimate of drug-likeness (QED) is 0.557. The van der Waals surface area contributed by atoms with E-state index >= 15 is 0 Å². The number of fused-ring (bicyclic) bond motifs is 1. The number of ether oxygens (including phenoxy) is 1. The van der Waals surface area contributed by atoms with E-state index in [1.165, 1.54) is 6.04 Å². The van der Waals surface area contributed by atoms with Gasteiger partial charge in [-0.15, -0.1) is 0 Å². The van der Waals surface area contributed by atoms with E-state index in [4.69, 9.17) is 4.74 Å². The summed E-state index contributed by atoms with van der Waals surface area (Å²) in [6.07, 6.45) is 4.66. The Morgan fingerprint density at radius 3 is 2.84 bits per heavy atom. The fourth-order valence-electron chi connectivity index (χ4n) is 3.10. The van der Waals surface area contributed by atoms with E-state index < -0.39 is 8.07 Å². The minimum atomic E-state index is -1.05. The van der Waals surface area contributed by atoms with Crippen LogP contribution in [-0.4, -0.2) is 41.6 Å². The summed E-state index contributed by atoms with van der Waals surface area (Å²) < 4.78 is 7.88. The third kappa shape index (κ3) is 4.92. The van der Waals surface area contributed by atoms with Crippen LogP contribution < -0.4 is 0 Å². The van der Waals surface area contributed by atoms with Gasteiger partial charge in [0.15, 0.2) is 0 Å². The van der Waals surface area contributed by atoms with E-state index in [1.807, 2.05) is 11.2 Å². The molecule has 0 aliphatic carbocycles. The third-order valence-corrected chi connectivity index (χ3v) is 6.41. The van der Waals surface area contributed by atoms with Crippen LogP contribution in [0.2, 0.25) is 25.7 Å². The topological polar surface area (TPSA) is 47.4 Å². The van der Waals surface area contributed by atoms with Crippen LogP contribution in [0.3, 0.4) is 0 Å². The molecule has 0 bridgehead atoms. The molecule has 0 saturated carbocycles. The highest BCUT2D eigenvalue weighted by atomic mass is 28.3. The van der Waals surface area contributed by atoms with Crippen molar-refractivity contribution >= 4 is 25.0 Å². The molecular formula is C19H29N3O2Si. The molecule has 1 saturated heterocycles. The molecule has 0 atom stereocenters. The van der Waals surface area contributed by atoms with Gasteiger partial charge in [0.05, 0.1) is 17.4 Å². The van der Waals surface area contributed by atoms with E-state index in [1.54, 1.807) is 0 Å². The van der Waals surface area contributed by atoms with E-state index in [-0.39, 0.29) is 5.91 Å². The Balaban J connectivity index is 1.61. The van der Waals surface area contributed by atoms with Crippen LogP contribution in [0.5, 0.6) is 0 Å². The molecule has 2 aromatic rings. The summed E-state index contributed by atoms with van der Waals surface area (Å²) in [6, 6.07) is 7.46. The zero-order chi connectivity index (χ0) is 17.9. The normalized spacial score (nSPS) is 16.0. The molecule has 0 unspecified atom stereocenters. The lowest BCUT2D eigenvalue weighted by atomic mass is 10.1. The van der Waals surface area contributed by atoms with Crippen molar-refractivity contribution in [1.82, 2.24) is 14.5 Å². The average molecular weight is 360 g/mol. The number of likely N-dealkylation sites (tertiary alicyclic amines) is 1. The molecule has 1 aliphatic heterocycles. The Morgan fingerprint density at radius 2 is 2.08 bits per heavy atom. The number of hydrogen-bond acceptors (Lipinski definition) is 3. The Kier molecular flexibility index (Phi) is 5.59. The van der Waals surface area contributed by atoms with Crippen LogP contribution in [0, 0.1) is 0 Å². The predicted octanol–water partition coefficient (Wildman–Crippen LogP) is 3.86. The molecule has 0 spiro atoms. The summed E-state index contributed by atoms with van der Waals surface area (Å²) in [5.41, 5.74) is 3.20. The zero-order valence-corrected chi connectivity index (χ0v) is 16.6. The number of rotatable bonds is 7. The highest BCUT2D eigenvalue weighted by Crippen LogP contribution is 2.19. The lowest BCUT2D eigenvalue weighted by Crippen LogP contribution is -2.34. The van der Waals surface area contributed by atoms with Crippen LogP contribution in [0.25, 0.3) is 11.0 Å². The van der Waals surface area contributed by atoms with Crippen molar-refractivity contribution in [3.05, 3.63) is 30.1 Å². The van der Waals surface area contributed by atoms with Crippen LogP contribution in [0.1, 0.15) is 24.8 Å². The summed E-state index contributed by atoms with van der Waals surface area (Å²) in [5, 5.41) is 0. The van der Waals surface area contributed by atoms with Gasteiger partial charge in [0.2, 0.25) is 5.91 Å². The van der Waals surface area contributed by atoms with Crippen molar-refractivity contribution in [2.75, 3.05) is 13.2 Å². The first kappa shape index (κ1) is 18.1. The van der Waals surface area contributed by atoms with Crippen LogP contribution in [0.4, 0.5) is 0 Å².